The first-order valence-electron chi connectivity index (χ1n) is 12.6. The Labute approximate surface area is 236 Å². The van der Waals surface area contributed by atoms with Crippen LogP contribution in [0.2, 0.25) is 0 Å². The van der Waals surface area contributed by atoms with Gasteiger partial charge in [-0.05, 0) is 78.7 Å². The molecule has 5 heteroatoms. The molecule has 2 aromatic carbocycles. The monoisotopic (exact) mass is 646 g/mol. The van der Waals surface area contributed by atoms with Crippen LogP contribution < -0.4 is 0 Å². The topological polar surface area (TPSA) is 0 Å². The van der Waals surface area contributed by atoms with E-state index in [0.717, 1.165) is 22.6 Å². The second kappa shape index (κ2) is 22.0. The van der Waals surface area contributed by atoms with Crippen molar-refractivity contribution in [3.05, 3.63) is 83.9 Å². The molecule has 0 aliphatic rings. The van der Waals surface area contributed by atoms with Gasteiger partial charge in [0.2, 0.25) is 0 Å². The Hall–Kier alpha value is 0.0223. The molecule has 0 atom stereocenters. The minimum absolute atomic E-state index is 0.106. The summed E-state index contributed by atoms with van der Waals surface area (Å²) >= 11 is -0.106. The molecule has 0 saturated carbocycles. The molecule has 0 spiro atoms. The zero-order valence-corrected chi connectivity index (χ0v) is 27.9. The third-order valence-electron chi connectivity index (χ3n) is 5.89. The summed E-state index contributed by atoms with van der Waals surface area (Å²) in [4.78, 5) is 0. The van der Waals surface area contributed by atoms with Crippen molar-refractivity contribution in [2.45, 2.75) is 78.0 Å². The molecule has 0 nitrogen and oxygen atoms in total. The van der Waals surface area contributed by atoms with Crippen LogP contribution in [0.4, 0.5) is 0 Å². The van der Waals surface area contributed by atoms with Crippen molar-refractivity contribution in [1.82, 2.24) is 0 Å². The third-order valence-corrected chi connectivity index (χ3v) is 13.2. The quantitative estimate of drug-likeness (QED) is 0.178. The van der Waals surface area contributed by atoms with Gasteiger partial charge >= 0.3 is 35.0 Å². The van der Waals surface area contributed by atoms with Gasteiger partial charge in [0, 0.05) is 15.8 Å². The molecule has 0 aliphatic heterocycles. The van der Waals surface area contributed by atoms with E-state index in [9.17, 15) is 0 Å². The molecule has 200 valence electrons. The van der Waals surface area contributed by atoms with E-state index in [4.69, 9.17) is 19.1 Å². The van der Waals surface area contributed by atoms with E-state index in [0.29, 0.717) is 0 Å². The molecular weight excluding hydrogens is 600 g/mol. The van der Waals surface area contributed by atoms with Gasteiger partial charge in [0.15, 0.2) is 0 Å². The third kappa shape index (κ3) is 18.0. The Balaban J connectivity index is 0.000000594. The Kier molecular flexibility index (Phi) is 22.1. The van der Waals surface area contributed by atoms with Gasteiger partial charge in [-0.1, -0.05) is 72.8 Å². The summed E-state index contributed by atoms with van der Waals surface area (Å²) in [5.41, 5.74) is 6.10. The fraction of sp³-hybridized carbons (Fsp3) is 0.467. The molecule has 0 unspecified atom stereocenters. The summed E-state index contributed by atoms with van der Waals surface area (Å²) in [6, 6.07) is 21.1. The average molecular weight is 648 g/mol. The maximum absolute atomic E-state index is 4.81. The average Bonchev–Trinajstić information content (AvgIpc) is 2.81. The molecule has 0 saturated heterocycles. The Morgan fingerprint density at radius 1 is 0.571 bits per heavy atom. The van der Waals surface area contributed by atoms with Crippen LogP contribution in [-0.2, 0) is 15.9 Å². The van der Waals surface area contributed by atoms with Gasteiger partial charge in [-0.15, -0.1) is 0 Å². The van der Waals surface area contributed by atoms with Gasteiger partial charge in [0.05, 0.1) is 35.0 Å². The van der Waals surface area contributed by atoms with Gasteiger partial charge in [0.1, 0.15) is 0 Å². The zero-order valence-electron chi connectivity index (χ0n) is 22.9. The van der Waals surface area contributed by atoms with Gasteiger partial charge in [-0.2, -0.15) is 0 Å². The van der Waals surface area contributed by atoms with Crippen molar-refractivity contribution in [3.63, 3.8) is 0 Å². The molecule has 0 amide bonds. The van der Waals surface area contributed by atoms with Gasteiger partial charge in [-0.25, -0.2) is 0 Å². The normalized spacial score (nSPS) is 11.8. The number of hydrogen-bond donors (Lipinski definition) is 0. The van der Waals surface area contributed by atoms with E-state index in [-0.39, 0.29) is 31.8 Å². The van der Waals surface area contributed by atoms with Crippen LogP contribution in [0.5, 0.6) is 0 Å². The zero-order chi connectivity index (χ0) is 26.6. The van der Waals surface area contributed by atoms with E-state index in [2.05, 4.69) is 140 Å². The van der Waals surface area contributed by atoms with Crippen molar-refractivity contribution in [3.8, 4) is 0 Å². The number of hydrogen-bond acceptors (Lipinski definition) is 0. The fourth-order valence-electron chi connectivity index (χ4n) is 4.07. The second-order valence-electron chi connectivity index (χ2n) is 9.85. The van der Waals surface area contributed by atoms with E-state index in [1.165, 1.54) is 23.5 Å². The molecule has 0 N–H and O–H groups in total. The molecule has 0 aromatic heterocycles. The van der Waals surface area contributed by atoms with Crippen LogP contribution in [0.3, 0.4) is 0 Å². The van der Waals surface area contributed by atoms with Crippen molar-refractivity contribution in [1.29, 1.82) is 0 Å². The molecule has 2 rings (SSSR count). The van der Waals surface area contributed by atoms with E-state index >= 15 is 0 Å². The molecule has 0 heterocycles. The van der Waals surface area contributed by atoms with Crippen molar-refractivity contribution in [2.75, 3.05) is 12.3 Å². The molecule has 0 fully saturated rings. The van der Waals surface area contributed by atoms with Crippen LogP contribution in [0, 0.1) is 0 Å². The summed E-state index contributed by atoms with van der Waals surface area (Å²) in [5.74, 6) is 0. The summed E-state index contributed by atoms with van der Waals surface area (Å²) < 4.78 is 0. The van der Waals surface area contributed by atoms with Crippen LogP contribution in [0.1, 0.15) is 66.5 Å². The Bertz CT molecular complexity index is 707. The molecular formula is C30H48Cl2P2Pd+2. The van der Waals surface area contributed by atoms with Gasteiger partial charge in [0.25, 0.3) is 0 Å². The van der Waals surface area contributed by atoms with Crippen LogP contribution in [0.25, 0.3) is 12.2 Å². The summed E-state index contributed by atoms with van der Waals surface area (Å²) in [6.45, 7) is 18.9. The predicted octanol–water partition coefficient (Wildman–Crippen LogP) is 10.8. The minimum atomic E-state index is -0.235. The van der Waals surface area contributed by atoms with Gasteiger partial charge < -0.3 is 0 Å². The summed E-state index contributed by atoms with van der Waals surface area (Å²) in [5, 5.41) is 0. The number of benzene rings is 2. The van der Waals surface area contributed by atoms with Crippen molar-refractivity contribution < 1.29 is 15.9 Å². The van der Waals surface area contributed by atoms with E-state index < -0.39 is 0 Å². The maximum atomic E-state index is 4.81. The van der Waals surface area contributed by atoms with Gasteiger partial charge in [-0.3, -0.25) is 0 Å². The molecule has 0 bridgehead atoms. The fourth-order valence-corrected chi connectivity index (χ4v) is 9.40. The van der Waals surface area contributed by atoms with Crippen LogP contribution in [-0.4, -0.2) is 35.0 Å². The summed E-state index contributed by atoms with van der Waals surface area (Å²) in [7, 11) is 9.16. The van der Waals surface area contributed by atoms with Crippen LogP contribution >= 0.6 is 34.9 Å². The SMILES string of the molecule is CC(C)[PH+](C/C=C/c1ccccc1)C(C)C.CC(C)[PH+](C/C=C/c1ccccc1)C(C)C.[Cl][Pd][Cl]. The second-order valence-corrected chi connectivity index (χ2v) is 19.9. The molecule has 0 aliphatic carbocycles. The Morgan fingerprint density at radius 2 is 0.829 bits per heavy atom. The number of halogens is 2. The standard InChI is InChI=1S/2C15H23P.2ClH.Pd/c2*1-13(2)16(14(3)4)12-8-11-15-9-6-5-7-10-15;;;/h2*5-11,13-14H,12H2,1-4H3;2*1H;/q;;;;+2/b2*11-8+;;;. The first-order chi connectivity index (χ1) is 16.6. The van der Waals surface area contributed by atoms with Crippen LogP contribution in [0.15, 0.2) is 72.8 Å². The Morgan fingerprint density at radius 3 is 1.06 bits per heavy atom. The molecule has 35 heavy (non-hydrogen) atoms. The van der Waals surface area contributed by atoms with E-state index in [1.54, 1.807) is 0 Å². The first kappa shape index (κ1) is 35.0. The van der Waals surface area contributed by atoms with Crippen molar-refractivity contribution >= 4 is 47.1 Å². The van der Waals surface area contributed by atoms with Crippen molar-refractivity contribution in [2.24, 2.45) is 0 Å². The van der Waals surface area contributed by atoms with E-state index in [1.807, 2.05) is 0 Å². The predicted molar refractivity (Wildman–Crippen MR) is 170 cm³/mol. The first-order valence-corrected chi connectivity index (χ1v) is 20.3. The molecule has 0 radical (unpaired) electrons. The number of rotatable bonds is 10. The summed E-state index contributed by atoms with van der Waals surface area (Å²) in [6.07, 6.45) is 11.8. The number of allylic oxidation sites excluding steroid dienone is 2. The molecule has 2 aromatic rings.